The van der Waals surface area contributed by atoms with Crippen LogP contribution in [0.3, 0.4) is 0 Å². The van der Waals surface area contributed by atoms with E-state index in [1.807, 2.05) is 18.5 Å². The molecule has 1 aliphatic heterocycles. The molecule has 0 amide bonds. The molecule has 0 aliphatic carbocycles. The second kappa shape index (κ2) is 8.06. The molecule has 1 fully saturated rings. The van der Waals surface area contributed by atoms with Gasteiger partial charge in [-0.3, -0.25) is 9.48 Å². The van der Waals surface area contributed by atoms with Crippen molar-refractivity contribution in [1.82, 2.24) is 15.1 Å². The van der Waals surface area contributed by atoms with Crippen molar-refractivity contribution >= 4 is 21.7 Å². The van der Waals surface area contributed by atoms with Crippen LogP contribution >= 0.6 is 15.9 Å². The van der Waals surface area contributed by atoms with Crippen LogP contribution in [0.5, 0.6) is 0 Å². The topological polar surface area (TPSA) is 56.2 Å². The number of carbonyl (C=O) groups is 1. The minimum absolute atomic E-state index is 0.208. The Kier molecular flexibility index (Phi) is 6.39. The molecule has 1 aliphatic rings. The van der Waals surface area contributed by atoms with Crippen LogP contribution in [0.25, 0.3) is 0 Å². The van der Waals surface area contributed by atoms with Gasteiger partial charge in [0.1, 0.15) is 5.78 Å². The Balaban J connectivity index is 1.79. The van der Waals surface area contributed by atoms with E-state index in [1.54, 1.807) is 0 Å². The van der Waals surface area contributed by atoms with Crippen LogP contribution in [0.2, 0.25) is 0 Å². The predicted octanol–water partition coefficient (Wildman–Crippen LogP) is 2.24. The normalized spacial score (nSPS) is 16.3. The number of aryl methyl sites for hydroxylation is 2. The van der Waals surface area contributed by atoms with E-state index >= 15 is 0 Å². The highest BCUT2D eigenvalue weighted by Gasteiger charge is 2.17. The number of halogens is 1. The van der Waals surface area contributed by atoms with E-state index in [9.17, 15) is 4.79 Å². The van der Waals surface area contributed by atoms with Gasteiger partial charge in [0.05, 0.1) is 28.6 Å². The van der Waals surface area contributed by atoms with Gasteiger partial charge in [0.25, 0.3) is 0 Å². The molecular formula is C15H24BrN3O2. The van der Waals surface area contributed by atoms with E-state index < -0.39 is 0 Å². The molecule has 0 bridgehead atoms. The van der Waals surface area contributed by atoms with Crippen LogP contribution in [-0.4, -0.2) is 41.4 Å². The van der Waals surface area contributed by atoms with Gasteiger partial charge >= 0.3 is 0 Å². The van der Waals surface area contributed by atoms with Gasteiger partial charge in [0, 0.05) is 19.4 Å². The number of nitrogens with one attached hydrogen (secondary N) is 1. The quantitative estimate of drug-likeness (QED) is 0.812. The fourth-order valence-electron chi connectivity index (χ4n) is 2.61. The second-order valence-corrected chi connectivity index (χ2v) is 6.24. The third kappa shape index (κ3) is 4.63. The molecule has 21 heavy (non-hydrogen) atoms. The number of nitrogens with zero attached hydrogens (tertiary/aromatic N) is 2. The second-order valence-electron chi connectivity index (χ2n) is 5.45. The van der Waals surface area contributed by atoms with Crippen molar-refractivity contribution in [1.29, 1.82) is 0 Å². The number of aromatic nitrogens is 2. The Morgan fingerprint density at radius 2 is 2.19 bits per heavy atom. The molecule has 0 saturated carbocycles. The van der Waals surface area contributed by atoms with Crippen molar-refractivity contribution in [3.8, 4) is 0 Å². The van der Waals surface area contributed by atoms with Crippen LogP contribution in [0.4, 0.5) is 0 Å². The lowest BCUT2D eigenvalue weighted by Crippen LogP contribution is -2.32. The smallest absolute Gasteiger partial charge is 0.141 e. The van der Waals surface area contributed by atoms with Gasteiger partial charge in [-0.15, -0.1) is 0 Å². The molecule has 0 spiro atoms. The van der Waals surface area contributed by atoms with E-state index in [-0.39, 0.29) is 5.78 Å². The average molecular weight is 358 g/mol. The first-order valence-corrected chi connectivity index (χ1v) is 8.47. The number of hydrogen-bond donors (Lipinski definition) is 1. The van der Waals surface area contributed by atoms with E-state index in [2.05, 4.69) is 26.3 Å². The van der Waals surface area contributed by atoms with Crippen LogP contribution in [-0.2, 0) is 22.5 Å². The lowest BCUT2D eigenvalue weighted by Gasteiger charge is -2.22. The zero-order valence-electron chi connectivity index (χ0n) is 12.8. The number of hydrogen-bond acceptors (Lipinski definition) is 4. The predicted molar refractivity (Wildman–Crippen MR) is 85.5 cm³/mol. The minimum atomic E-state index is 0.208. The molecule has 5 nitrogen and oxygen atoms in total. The van der Waals surface area contributed by atoms with Crippen LogP contribution < -0.4 is 5.32 Å². The van der Waals surface area contributed by atoms with Gasteiger partial charge in [-0.05, 0) is 55.7 Å². The average Bonchev–Trinajstić information content (AvgIpc) is 2.76. The third-order valence-corrected chi connectivity index (χ3v) is 4.87. The summed E-state index contributed by atoms with van der Waals surface area (Å²) in [5.41, 5.74) is 1.91. The molecule has 2 rings (SSSR count). The highest BCUT2D eigenvalue weighted by Crippen LogP contribution is 2.22. The third-order valence-electron chi connectivity index (χ3n) is 3.84. The zero-order valence-corrected chi connectivity index (χ0v) is 14.4. The van der Waals surface area contributed by atoms with Gasteiger partial charge in [0.2, 0.25) is 0 Å². The lowest BCUT2D eigenvalue weighted by molar-refractivity contribution is -0.120. The van der Waals surface area contributed by atoms with Crippen molar-refractivity contribution in [2.75, 3.05) is 19.7 Å². The van der Waals surface area contributed by atoms with E-state index in [0.717, 1.165) is 48.3 Å². The summed E-state index contributed by atoms with van der Waals surface area (Å²) >= 11 is 3.53. The van der Waals surface area contributed by atoms with Crippen molar-refractivity contribution in [2.24, 2.45) is 0 Å². The van der Waals surface area contributed by atoms with E-state index in [4.69, 9.17) is 4.74 Å². The van der Waals surface area contributed by atoms with Crippen molar-refractivity contribution in [3.63, 3.8) is 0 Å². The molecule has 0 unspecified atom stereocenters. The van der Waals surface area contributed by atoms with Crippen LogP contribution in [0, 0.1) is 6.92 Å². The molecule has 1 N–H and O–H groups in total. The fraction of sp³-hybridized carbons (Fsp3) is 0.733. The van der Waals surface area contributed by atoms with Gasteiger partial charge in [0.15, 0.2) is 0 Å². The van der Waals surface area contributed by atoms with Crippen LogP contribution in [0.15, 0.2) is 4.47 Å². The number of ketones is 1. The molecule has 0 atom stereocenters. The monoisotopic (exact) mass is 357 g/mol. The highest BCUT2D eigenvalue weighted by molar-refractivity contribution is 9.10. The first kappa shape index (κ1) is 16.6. The zero-order chi connectivity index (χ0) is 15.2. The Bertz CT molecular complexity index is 482. The molecule has 1 saturated heterocycles. The van der Waals surface area contributed by atoms with Gasteiger partial charge in [-0.25, -0.2) is 0 Å². The summed E-state index contributed by atoms with van der Waals surface area (Å²) in [5, 5.41) is 7.72. The summed E-state index contributed by atoms with van der Waals surface area (Å²) in [6, 6.07) is 0. The largest absolute Gasteiger partial charge is 0.378 e. The maximum atomic E-state index is 12.1. The maximum Gasteiger partial charge on any atom is 0.141 e. The number of Topliss-reactive ketones (excluding diaryl/α,β-unsaturated/α-hetero) is 1. The Hall–Kier alpha value is -0.720. The van der Waals surface area contributed by atoms with Crippen molar-refractivity contribution in [2.45, 2.75) is 52.2 Å². The summed E-state index contributed by atoms with van der Waals surface area (Å²) in [6.45, 7) is 7.32. The molecule has 0 aromatic carbocycles. The minimum Gasteiger partial charge on any atom is -0.378 e. The Labute approximate surface area is 134 Å². The molecule has 1 aromatic rings. The summed E-state index contributed by atoms with van der Waals surface area (Å²) < 4.78 is 8.64. The summed E-state index contributed by atoms with van der Waals surface area (Å²) in [7, 11) is 0. The number of ether oxygens (including phenoxy) is 1. The maximum absolute atomic E-state index is 12.1. The van der Waals surface area contributed by atoms with Gasteiger partial charge in [-0.2, -0.15) is 5.10 Å². The Morgan fingerprint density at radius 1 is 1.48 bits per heavy atom. The molecule has 0 radical (unpaired) electrons. The standard InChI is InChI=1S/C15H24BrN3O2/c1-3-19-14(15(16)11(2)18-19)10-12(20)6-9-21-13-4-7-17-8-5-13/h13,17H,3-10H2,1-2H3. The molecule has 2 heterocycles. The van der Waals surface area contributed by atoms with Gasteiger partial charge in [-0.1, -0.05) is 0 Å². The number of rotatable bonds is 7. The molecule has 1 aromatic heterocycles. The highest BCUT2D eigenvalue weighted by atomic mass is 79.9. The number of carbonyl (C=O) groups excluding carboxylic acids is 1. The lowest BCUT2D eigenvalue weighted by atomic mass is 10.1. The van der Waals surface area contributed by atoms with Crippen molar-refractivity contribution < 1.29 is 9.53 Å². The first-order chi connectivity index (χ1) is 10.1. The molecule has 118 valence electrons. The molecular weight excluding hydrogens is 334 g/mol. The van der Waals surface area contributed by atoms with E-state index in [1.165, 1.54) is 0 Å². The van der Waals surface area contributed by atoms with Gasteiger partial charge < -0.3 is 10.1 Å². The number of piperidine rings is 1. The first-order valence-electron chi connectivity index (χ1n) is 7.67. The SMILES string of the molecule is CCn1nc(C)c(Br)c1CC(=O)CCOC1CCNCC1. The molecule has 6 heteroatoms. The summed E-state index contributed by atoms with van der Waals surface area (Å²) in [6.07, 6.45) is 3.30. The fourth-order valence-corrected chi connectivity index (χ4v) is 3.04. The summed E-state index contributed by atoms with van der Waals surface area (Å²) in [4.78, 5) is 12.1. The summed E-state index contributed by atoms with van der Waals surface area (Å²) in [5.74, 6) is 0.208. The van der Waals surface area contributed by atoms with Crippen molar-refractivity contribution in [3.05, 3.63) is 15.9 Å². The Morgan fingerprint density at radius 3 is 2.86 bits per heavy atom. The van der Waals surface area contributed by atoms with Crippen LogP contribution in [0.1, 0.15) is 37.6 Å². The van der Waals surface area contributed by atoms with E-state index in [0.29, 0.717) is 25.6 Å².